The van der Waals surface area contributed by atoms with Gasteiger partial charge in [0.05, 0.1) is 29.7 Å². The van der Waals surface area contributed by atoms with Gasteiger partial charge in [0.25, 0.3) is 5.91 Å². The predicted octanol–water partition coefficient (Wildman–Crippen LogP) is 3.01. The second-order valence-electron chi connectivity index (χ2n) is 7.00. The Bertz CT molecular complexity index is 1090. The molecule has 0 aliphatic carbocycles. The zero-order valence-electron chi connectivity index (χ0n) is 16.4. The summed E-state index contributed by atoms with van der Waals surface area (Å²) < 4.78 is 20.4. The van der Waals surface area contributed by atoms with Gasteiger partial charge in [-0.15, -0.1) is 0 Å². The predicted molar refractivity (Wildman–Crippen MR) is 109 cm³/mol. The topological polar surface area (TPSA) is 85.2 Å². The van der Waals surface area contributed by atoms with E-state index in [0.29, 0.717) is 48.7 Å². The third-order valence-electron chi connectivity index (χ3n) is 4.95. The van der Waals surface area contributed by atoms with Crippen LogP contribution in [0.4, 0.5) is 10.1 Å². The van der Waals surface area contributed by atoms with Gasteiger partial charge >= 0.3 is 0 Å². The van der Waals surface area contributed by atoms with E-state index < -0.39 is 0 Å². The van der Waals surface area contributed by atoms with Crippen molar-refractivity contribution in [1.82, 2.24) is 15.1 Å². The minimum absolute atomic E-state index is 0.0249. The molecule has 0 bridgehead atoms. The minimum Gasteiger partial charge on any atom is -0.492 e. The van der Waals surface area contributed by atoms with Gasteiger partial charge in [-0.2, -0.15) is 5.10 Å². The van der Waals surface area contributed by atoms with Gasteiger partial charge in [-0.25, -0.2) is 9.07 Å². The summed E-state index contributed by atoms with van der Waals surface area (Å²) in [7, 11) is 0. The number of hydrogen-bond acceptors (Lipinski definition) is 4. The molecule has 0 saturated carbocycles. The average Bonchev–Trinajstić information content (AvgIpc) is 3.13. The van der Waals surface area contributed by atoms with Gasteiger partial charge in [-0.3, -0.25) is 9.59 Å². The molecule has 154 valence electrons. The van der Waals surface area contributed by atoms with E-state index in [1.807, 2.05) is 12.1 Å². The number of carbonyl (C=O) groups is 2. The van der Waals surface area contributed by atoms with Crippen LogP contribution in [0.3, 0.4) is 0 Å². The van der Waals surface area contributed by atoms with Gasteiger partial charge in [0.15, 0.2) is 0 Å². The number of aromatic nitrogens is 2. The zero-order chi connectivity index (χ0) is 21.1. The van der Waals surface area contributed by atoms with Crippen molar-refractivity contribution >= 4 is 17.5 Å². The summed E-state index contributed by atoms with van der Waals surface area (Å²) in [6, 6.07) is 11.4. The fraction of sp³-hybridized carbons (Fsp3) is 0.227. The van der Waals surface area contributed by atoms with Crippen molar-refractivity contribution in [2.24, 2.45) is 0 Å². The molecule has 2 N–H and O–H groups in total. The van der Waals surface area contributed by atoms with E-state index in [1.54, 1.807) is 29.8 Å². The Hall–Kier alpha value is -3.68. The molecule has 0 spiro atoms. The van der Waals surface area contributed by atoms with Crippen molar-refractivity contribution < 1.29 is 18.7 Å². The molecule has 2 aromatic carbocycles. The van der Waals surface area contributed by atoms with E-state index in [0.717, 1.165) is 11.3 Å². The van der Waals surface area contributed by atoms with E-state index in [4.69, 9.17) is 4.74 Å². The fourth-order valence-electron chi connectivity index (χ4n) is 3.35. The molecule has 7 nitrogen and oxygen atoms in total. The number of rotatable bonds is 6. The number of aryl methyl sites for hydroxylation is 1. The molecule has 0 unspecified atom stereocenters. The van der Waals surface area contributed by atoms with Crippen LogP contribution >= 0.6 is 0 Å². The standard InChI is InChI=1S/C22H21FN4O3/c1-14-19(13-25-27(14)17-5-3-16(23)4-6-17)22(29)24-10-11-30-18-7-8-20-15(12-18)2-9-21(28)26-20/h3-8,12-13H,2,9-11H2,1H3,(H,24,29)(H,26,28). The first-order valence-electron chi connectivity index (χ1n) is 9.65. The van der Waals surface area contributed by atoms with E-state index in [1.165, 1.54) is 18.3 Å². The molecule has 30 heavy (non-hydrogen) atoms. The van der Waals surface area contributed by atoms with Gasteiger partial charge in [0.2, 0.25) is 5.91 Å². The number of nitrogens with zero attached hydrogens (tertiary/aromatic N) is 2. The molecule has 1 aliphatic heterocycles. The molecule has 0 radical (unpaired) electrons. The first-order valence-corrected chi connectivity index (χ1v) is 9.65. The third-order valence-corrected chi connectivity index (χ3v) is 4.95. The van der Waals surface area contributed by atoms with E-state index in [9.17, 15) is 14.0 Å². The van der Waals surface area contributed by atoms with Crippen LogP contribution < -0.4 is 15.4 Å². The number of benzene rings is 2. The number of fused-ring (bicyclic) bond motifs is 1. The lowest BCUT2D eigenvalue weighted by molar-refractivity contribution is -0.116. The number of hydrogen-bond donors (Lipinski definition) is 2. The number of ether oxygens (including phenoxy) is 1. The molecular weight excluding hydrogens is 387 g/mol. The lowest BCUT2D eigenvalue weighted by Crippen LogP contribution is -2.28. The van der Waals surface area contributed by atoms with Crippen molar-refractivity contribution in [3.8, 4) is 11.4 Å². The highest BCUT2D eigenvalue weighted by Gasteiger charge is 2.16. The number of halogens is 1. The Kier molecular flexibility index (Phi) is 5.47. The summed E-state index contributed by atoms with van der Waals surface area (Å²) in [5, 5.41) is 9.88. The van der Waals surface area contributed by atoms with Crippen molar-refractivity contribution in [3.05, 3.63) is 71.3 Å². The summed E-state index contributed by atoms with van der Waals surface area (Å²) in [6.07, 6.45) is 2.65. The SMILES string of the molecule is Cc1c(C(=O)NCCOc2ccc3c(c2)CCC(=O)N3)cnn1-c1ccc(F)cc1. The van der Waals surface area contributed by atoms with Crippen LogP contribution in [-0.4, -0.2) is 34.7 Å². The van der Waals surface area contributed by atoms with Crippen LogP contribution in [0.2, 0.25) is 0 Å². The summed E-state index contributed by atoms with van der Waals surface area (Å²) >= 11 is 0. The highest BCUT2D eigenvalue weighted by Crippen LogP contribution is 2.26. The van der Waals surface area contributed by atoms with Crippen molar-refractivity contribution in [2.45, 2.75) is 19.8 Å². The maximum Gasteiger partial charge on any atom is 0.254 e. The monoisotopic (exact) mass is 408 g/mol. The van der Waals surface area contributed by atoms with Crippen LogP contribution in [0.1, 0.15) is 28.0 Å². The first kappa shape index (κ1) is 19.6. The summed E-state index contributed by atoms with van der Waals surface area (Å²) in [6.45, 7) is 2.42. The van der Waals surface area contributed by atoms with Crippen LogP contribution in [0.15, 0.2) is 48.7 Å². The van der Waals surface area contributed by atoms with E-state index in [-0.39, 0.29) is 17.6 Å². The number of amides is 2. The lowest BCUT2D eigenvalue weighted by Gasteiger charge is -2.17. The molecule has 0 fully saturated rings. The van der Waals surface area contributed by atoms with Gasteiger partial charge in [-0.05, 0) is 61.4 Å². The molecule has 4 rings (SSSR count). The smallest absolute Gasteiger partial charge is 0.254 e. The molecule has 1 aliphatic rings. The number of anilines is 1. The van der Waals surface area contributed by atoms with E-state index in [2.05, 4.69) is 15.7 Å². The average molecular weight is 408 g/mol. The third kappa shape index (κ3) is 4.17. The molecule has 1 aromatic heterocycles. The van der Waals surface area contributed by atoms with Gasteiger partial charge in [-0.1, -0.05) is 0 Å². The van der Waals surface area contributed by atoms with Crippen molar-refractivity contribution in [3.63, 3.8) is 0 Å². The Balaban J connectivity index is 1.31. The van der Waals surface area contributed by atoms with Crippen LogP contribution in [-0.2, 0) is 11.2 Å². The van der Waals surface area contributed by atoms with Gasteiger partial charge in [0, 0.05) is 12.1 Å². The largest absolute Gasteiger partial charge is 0.492 e. The Morgan fingerprint density at radius 1 is 1.23 bits per heavy atom. The quantitative estimate of drug-likeness (QED) is 0.614. The van der Waals surface area contributed by atoms with Crippen LogP contribution in [0.5, 0.6) is 5.75 Å². The lowest BCUT2D eigenvalue weighted by atomic mass is 10.0. The maximum absolute atomic E-state index is 13.1. The second-order valence-corrected chi connectivity index (χ2v) is 7.00. The second kappa shape index (κ2) is 8.36. The highest BCUT2D eigenvalue weighted by molar-refractivity contribution is 5.95. The molecule has 3 aromatic rings. The molecule has 8 heteroatoms. The Morgan fingerprint density at radius 2 is 2.03 bits per heavy atom. The normalized spacial score (nSPS) is 12.8. The van der Waals surface area contributed by atoms with E-state index >= 15 is 0 Å². The molecular formula is C22H21FN4O3. The van der Waals surface area contributed by atoms with Crippen LogP contribution in [0, 0.1) is 12.7 Å². The number of nitrogens with one attached hydrogen (secondary N) is 2. The molecule has 0 saturated heterocycles. The zero-order valence-corrected chi connectivity index (χ0v) is 16.4. The number of carbonyl (C=O) groups excluding carboxylic acids is 2. The van der Waals surface area contributed by atoms with Gasteiger partial charge in [0.1, 0.15) is 18.2 Å². The summed E-state index contributed by atoms with van der Waals surface area (Å²) in [5.41, 5.74) is 3.65. The van der Waals surface area contributed by atoms with Crippen LogP contribution in [0.25, 0.3) is 5.69 Å². The van der Waals surface area contributed by atoms with Crippen molar-refractivity contribution in [2.75, 3.05) is 18.5 Å². The summed E-state index contributed by atoms with van der Waals surface area (Å²) in [4.78, 5) is 23.9. The highest BCUT2D eigenvalue weighted by atomic mass is 19.1. The minimum atomic E-state index is -0.329. The molecule has 2 heterocycles. The first-order chi connectivity index (χ1) is 14.5. The molecule has 2 amide bonds. The fourth-order valence-corrected chi connectivity index (χ4v) is 3.35. The van der Waals surface area contributed by atoms with Crippen molar-refractivity contribution in [1.29, 1.82) is 0 Å². The molecule has 0 atom stereocenters. The summed E-state index contributed by atoms with van der Waals surface area (Å²) in [5.74, 6) is 0.138. The Morgan fingerprint density at radius 3 is 2.83 bits per heavy atom. The van der Waals surface area contributed by atoms with Gasteiger partial charge < -0.3 is 15.4 Å². The maximum atomic E-state index is 13.1. The Labute approximate surface area is 172 Å².